The zero-order valence-electron chi connectivity index (χ0n) is 19.1. The van der Waals surface area contributed by atoms with E-state index in [4.69, 9.17) is 21.1 Å². The second-order valence-corrected chi connectivity index (χ2v) is 7.13. The molecule has 1 atom stereocenters. The Morgan fingerprint density at radius 1 is 1.33 bits per heavy atom. The quantitative estimate of drug-likeness (QED) is 0.226. The Kier molecular flexibility index (Phi) is 8.40. The summed E-state index contributed by atoms with van der Waals surface area (Å²) in [6.45, 7) is 4.79. The van der Waals surface area contributed by atoms with E-state index < -0.39 is 35.7 Å². The van der Waals surface area contributed by atoms with Crippen molar-refractivity contribution in [1.29, 1.82) is 10.7 Å². The van der Waals surface area contributed by atoms with Crippen LogP contribution in [0.2, 0.25) is 0 Å². The number of allylic oxidation sites excluding steroid dienone is 5. The van der Waals surface area contributed by atoms with Gasteiger partial charge in [0, 0.05) is 17.1 Å². The minimum atomic E-state index is -4.71. The molecule has 0 radical (unpaired) electrons. The number of alkyl halides is 3. The summed E-state index contributed by atoms with van der Waals surface area (Å²) in [6, 6.07) is 2.93. The molecule has 0 saturated heterocycles. The van der Waals surface area contributed by atoms with Gasteiger partial charge in [-0.05, 0) is 37.3 Å². The molecule has 36 heavy (non-hydrogen) atoms. The number of methoxy groups -OCH3 is 1. The largest absolute Gasteiger partial charge is 0.466 e. The highest BCUT2D eigenvalue weighted by molar-refractivity contribution is 6.10. The summed E-state index contributed by atoms with van der Waals surface area (Å²) in [5.41, 5.74) is 3.81. The van der Waals surface area contributed by atoms with Gasteiger partial charge in [0.1, 0.15) is 6.04 Å². The summed E-state index contributed by atoms with van der Waals surface area (Å²) >= 11 is 0. The fourth-order valence-electron chi connectivity index (χ4n) is 3.49. The number of carbonyl (C=O) groups excluding carboxylic acids is 3. The van der Waals surface area contributed by atoms with E-state index in [1.807, 2.05) is 6.07 Å². The standard InChI is InChI=1S/C23H21F3N6O4/c1-4-14(11-27)8-9-17(30-12-33)19-18(20(34)36-3)13(2)31(21(28)32(19)22(29)35)16-7-5-6-15(10-16)23(24,25)26/h4-10,12,19,28H,1H2,2-3H3,(H2,29,35)(H,30,33)/b14-8+,17-9-,28-21?. The van der Waals surface area contributed by atoms with Gasteiger partial charge in [0.25, 0.3) is 0 Å². The molecule has 3 amide bonds. The maximum absolute atomic E-state index is 13.3. The van der Waals surface area contributed by atoms with Crippen LogP contribution in [0.4, 0.5) is 23.7 Å². The molecule has 0 bridgehead atoms. The van der Waals surface area contributed by atoms with Gasteiger partial charge in [0.15, 0.2) is 0 Å². The third-order valence-corrected chi connectivity index (χ3v) is 5.08. The van der Waals surface area contributed by atoms with Crippen molar-refractivity contribution in [1.82, 2.24) is 10.2 Å². The number of carbonyl (C=O) groups is 3. The van der Waals surface area contributed by atoms with Crippen molar-refractivity contribution in [2.24, 2.45) is 5.73 Å². The molecule has 1 aromatic carbocycles. The van der Waals surface area contributed by atoms with Crippen LogP contribution in [0.1, 0.15) is 12.5 Å². The van der Waals surface area contributed by atoms with Crippen LogP contribution in [0.5, 0.6) is 0 Å². The molecule has 4 N–H and O–H groups in total. The van der Waals surface area contributed by atoms with E-state index in [1.54, 1.807) is 0 Å². The maximum atomic E-state index is 13.3. The number of nitrogens with one attached hydrogen (secondary N) is 2. The van der Waals surface area contributed by atoms with Crippen LogP contribution in [0.15, 0.2) is 71.6 Å². The van der Waals surface area contributed by atoms with E-state index >= 15 is 0 Å². The van der Waals surface area contributed by atoms with Crippen molar-refractivity contribution < 1.29 is 32.3 Å². The first-order valence-electron chi connectivity index (χ1n) is 10.0. The number of guanidine groups is 1. The SMILES string of the molecule is C=C/C(C#N)=C\C=C(/NC=O)C1C(C(=O)OC)=C(C)N(c2cccc(C(F)(F)F)c2)C(=N)N1C(N)=O. The highest BCUT2D eigenvalue weighted by Crippen LogP contribution is 2.37. The van der Waals surface area contributed by atoms with Gasteiger partial charge in [-0.2, -0.15) is 18.4 Å². The number of anilines is 1. The Bertz CT molecular complexity index is 1240. The van der Waals surface area contributed by atoms with Crippen LogP contribution in [0.3, 0.4) is 0 Å². The van der Waals surface area contributed by atoms with E-state index in [9.17, 15) is 27.6 Å². The zero-order chi connectivity index (χ0) is 27.2. The fraction of sp³-hybridized carbons (Fsp3) is 0.174. The molecule has 0 spiro atoms. The lowest BCUT2D eigenvalue weighted by Gasteiger charge is -2.43. The summed E-state index contributed by atoms with van der Waals surface area (Å²) in [4.78, 5) is 38.2. The first-order valence-corrected chi connectivity index (χ1v) is 10.0. The first kappa shape index (κ1) is 27.4. The smallest absolute Gasteiger partial charge is 0.416 e. The number of hydrogen-bond donors (Lipinski definition) is 3. The third-order valence-electron chi connectivity index (χ3n) is 5.08. The summed E-state index contributed by atoms with van der Waals surface area (Å²) in [6.07, 6.45) is -0.848. The molecular weight excluding hydrogens is 481 g/mol. The van der Waals surface area contributed by atoms with Crippen LogP contribution < -0.4 is 16.0 Å². The topological polar surface area (TPSA) is 153 Å². The summed E-state index contributed by atoms with van der Waals surface area (Å²) in [7, 11) is 1.03. The van der Waals surface area contributed by atoms with Crippen molar-refractivity contribution in [2.45, 2.75) is 19.1 Å². The molecular formula is C23H21F3N6O4. The molecule has 1 heterocycles. The molecule has 1 aliphatic rings. The summed E-state index contributed by atoms with van der Waals surface area (Å²) < 4.78 is 44.8. The average molecular weight is 502 g/mol. The molecule has 0 aromatic heterocycles. The number of nitriles is 1. The van der Waals surface area contributed by atoms with Gasteiger partial charge in [-0.1, -0.05) is 18.7 Å². The Balaban J connectivity index is 2.90. The minimum absolute atomic E-state index is 0.0580. The number of nitrogens with two attached hydrogens (primary N) is 1. The normalized spacial score (nSPS) is 16.9. The number of urea groups is 1. The minimum Gasteiger partial charge on any atom is -0.466 e. The van der Waals surface area contributed by atoms with Gasteiger partial charge >= 0.3 is 18.2 Å². The van der Waals surface area contributed by atoms with Crippen LogP contribution in [-0.2, 0) is 20.5 Å². The molecule has 188 valence electrons. The molecule has 1 unspecified atom stereocenters. The number of benzene rings is 1. The van der Waals surface area contributed by atoms with Crippen molar-refractivity contribution in [3.05, 3.63) is 77.2 Å². The van der Waals surface area contributed by atoms with E-state index in [2.05, 4.69) is 11.9 Å². The van der Waals surface area contributed by atoms with E-state index in [0.29, 0.717) is 4.90 Å². The Morgan fingerprint density at radius 2 is 2.00 bits per heavy atom. The van der Waals surface area contributed by atoms with Gasteiger partial charge in [-0.15, -0.1) is 0 Å². The number of ether oxygens (including phenoxy) is 1. The molecule has 10 nitrogen and oxygen atoms in total. The molecule has 2 rings (SSSR count). The van der Waals surface area contributed by atoms with Crippen molar-refractivity contribution >= 4 is 30.1 Å². The molecule has 1 aromatic rings. The molecule has 0 fully saturated rings. The number of esters is 1. The van der Waals surface area contributed by atoms with E-state index in [0.717, 1.165) is 30.2 Å². The second kappa shape index (κ2) is 11.0. The summed E-state index contributed by atoms with van der Waals surface area (Å²) in [5, 5.41) is 20.1. The first-order chi connectivity index (χ1) is 16.9. The predicted octanol–water partition coefficient (Wildman–Crippen LogP) is 2.92. The molecule has 0 aliphatic carbocycles. The number of amides is 3. The highest BCUT2D eigenvalue weighted by Gasteiger charge is 2.44. The van der Waals surface area contributed by atoms with Crippen LogP contribution in [-0.4, -0.2) is 42.4 Å². The van der Waals surface area contributed by atoms with Crippen LogP contribution in [0, 0.1) is 16.7 Å². The van der Waals surface area contributed by atoms with Gasteiger partial charge in [-0.25, -0.2) is 9.59 Å². The Labute approximate surface area is 203 Å². The third kappa shape index (κ3) is 5.44. The van der Waals surface area contributed by atoms with Crippen molar-refractivity contribution in [2.75, 3.05) is 12.0 Å². The van der Waals surface area contributed by atoms with Gasteiger partial charge in [0.05, 0.1) is 29.9 Å². The van der Waals surface area contributed by atoms with Gasteiger partial charge in [-0.3, -0.25) is 20.0 Å². The molecule has 1 aliphatic heterocycles. The molecule has 0 saturated carbocycles. The lowest BCUT2D eigenvalue weighted by molar-refractivity contribution is -0.138. The average Bonchev–Trinajstić information content (AvgIpc) is 2.82. The van der Waals surface area contributed by atoms with Gasteiger partial charge < -0.3 is 15.8 Å². The Morgan fingerprint density at radius 3 is 2.50 bits per heavy atom. The predicted molar refractivity (Wildman–Crippen MR) is 123 cm³/mol. The lowest BCUT2D eigenvalue weighted by atomic mass is 9.95. The fourth-order valence-corrected chi connectivity index (χ4v) is 3.49. The van der Waals surface area contributed by atoms with Crippen molar-refractivity contribution in [3.63, 3.8) is 0 Å². The second-order valence-electron chi connectivity index (χ2n) is 7.13. The lowest BCUT2D eigenvalue weighted by Crippen LogP contribution is -2.60. The zero-order valence-corrected chi connectivity index (χ0v) is 19.1. The number of primary amides is 1. The monoisotopic (exact) mass is 502 g/mol. The number of nitrogens with zero attached hydrogens (tertiary/aromatic N) is 3. The van der Waals surface area contributed by atoms with E-state index in [-0.39, 0.29) is 34.6 Å². The summed E-state index contributed by atoms with van der Waals surface area (Å²) in [5.74, 6) is -1.72. The van der Waals surface area contributed by atoms with Crippen molar-refractivity contribution in [3.8, 4) is 6.07 Å². The van der Waals surface area contributed by atoms with Gasteiger partial charge in [0.2, 0.25) is 12.4 Å². The Hall–Kier alpha value is -4.86. The number of halogens is 3. The maximum Gasteiger partial charge on any atom is 0.416 e. The van der Waals surface area contributed by atoms with E-state index in [1.165, 1.54) is 31.2 Å². The number of rotatable bonds is 7. The highest BCUT2D eigenvalue weighted by atomic mass is 19.4. The van der Waals surface area contributed by atoms with Crippen LogP contribution in [0.25, 0.3) is 0 Å². The molecule has 13 heteroatoms. The number of hydrogen-bond acceptors (Lipinski definition) is 6. The van der Waals surface area contributed by atoms with Crippen LogP contribution >= 0.6 is 0 Å².